The van der Waals surface area contributed by atoms with Crippen molar-refractivity contribution in [2.75, 3.05) is 26.2 Å². The highest BCUT2D eigenvalue weighted by Gasteiger charge is 2.26. The van der Waals surface area contributed by atoms with Crippen LogP contribution < -0.4 is 5.56 Å². The molecule has 0 unspecified atom stereocenters. The van der Waals surface area contributed by atoms with Crippen molar-refractivity contribution in [1.29, 1.82) is 0 Å². The monoisotopic (exact) mass is 440 g/mol. The summed E-state index contributed by atoms with van der Waals surface area (Å²) >= 11 is 0. The topological polar surface area (TPSA) is 101 Å². The van der Waals surface area contributed by atoms with Gasteiger partial charge in [0.25, 0.3) is 5.56 Å². The lowest BCUT2D eigenvalue weighted by atomic mass is 9.91. The Hall–Kier alpha value is -2.91. The molecule has 1 fully saturated rings. The number of nitrogens with zero attached hydrogens (tertiary/aromatic N) is 3. The molecule has 0 amide bonds. The van der Waals surface area contributed by atoms with Crippen LogP contribution in [0.2, 0.25) is 0 Å². The smallest absolute Gasteiger partial charge is 0.256 e. The van der Waals surface area contributed by atoms with E-state index in [0.717, 1.165) is 42.7 Å². The van der Waals surface area contributed by atoms with Crippen LogP contribution in [0.3, 0.4) is 0 Å². The Kier molecular flexibility index (Phi) is 5.84. The average molecular weight is 440 g/mol. The molecule has 4 heterocycles. The Morgan fingerprint density at radius 2 is 2.12 bits per heavy atom. The Balaban J connectivity index is 1.13. The first-order valence-electron chi connectivity index (χ1n) is 11.0. The van der Waals surface area contributed by atoms with Crippen LogP contribution in [-0.4, -0.2) is 52.0 Å². The second-order valence-corrected chi connectivity index (χ2v) is 8.54. The summed E-state index contributed by atoms with van der Waals surface area (Å²) in [6.45, 7) is 2.84. The number of halogens is 1. The number of rotatable bonds is 6. The lowest BCUT2D eigenvalue weighted by Gasteiger charge is -2.30. The molecule has 1 N–H and O–H groups in total. The molecule has 168 valence electrons. The van der Waals surface area contributed by atoms with Gasteiger partial charge in [-0.15, -0.1) is 0 Å². The van der Waals surface area contributed by atoms with E-state index in [1.165, 1.54) is 12.1 Å². The van der Waals surface area contributed by atoms with E-state index in [4.69, 9.17) is 9.26 Å². The first-order valence-corrected chi connectivity index (χ1v) is 11.0. The van der Waals surface area contributed by atoms with Crippen LogP contribution in [0.15, 0.2) is 27.5 Å². The maximum atomic E-state index is 13.4. The van der Waals surface area contributed by atoms with Crippen LogP contribution in [0.5, 0.6) is 0 Å². The van der Waals surface area contributed by atoms with Crippen molar-refractivity contribution in [2.24, 2.45) is 0 Å². The third-order valence-corrected chi connectivity index (χ3v) is 6.36. The molecule has 0 spiro atoms. The van der Waals surface area contributed by atoms with Crippen molar-refractivity contribution in [3.63, 3.8) is 0 Å². The Bertz CT molecular complexity index is 1200. The number of aromatic amines is 1. The van der Waals surface area contributed by atoms with E-state index in [1.807, 2.05) is 0 Å². The molecule has 9 heteroatoms. The molecular formula is C23H25FN4O4. The summed E-state index contributed by atoms with van der Waals surface area (Å²) in [5.74, 6) is 0.602. The van der Waals surface area contributed by atoms with Gasteiger partial charge in [0.15, 0.2) is 5.58 Å². The number of carbonyl (C=O) groups is 1. The number of ketones is 1. The Morgan fingerprint density at radius 1 is 1.28 bits per heavy atom. The molecular weight excluding hydrogens is 415 g/mol. The predicted octanol–water partition coefficient (Wildman–Crippen LogP) is 2.50. The lowest BCUT2D eigenvalue weighted by Crippen LogP contribution is -2.37. The van der Waals surface area contributed by atoms with E-state index in [9.17, 15) is 14.0 Å². The maximum absolute atomic E-state index is 13.4. The number of likely N-dealkylation sites (tertiary alicyclic amines) is 1. The Labute approximate surface area is 183 Å². The number of hydrogen-bond donors (Lipinski definition) is 1. The number of aromatic nitrogens is 3. The van der Waals surface area contributed by atoms with E-state index < -0.39 is 0 Å². The number of Topliss-reactive ketones (excluding diaryl/α,β-unsaturated/α-hetero) is 1. The van der Waals surface area contributed by atoms with Gasteiger partial charge in [0, 0.05) is 36.6 Å². The molecule has 1 aromatic carbocycles. The normalized spacial score (nSPS) is 17.5. The zero-order chi connectivity index (χ0) is 22.1. The van der Waals surface area contributed by atoms with Crippen LogP contribution in [0.1, 0.15) is 48.0 Å². The first-order chi connectivity index (χ1) is 15.6. The van der Waals surface area contributed by atoms with Gasteiger partial charge in [-0.2, -0.15) is 0 Å². The van der Waals surface area contributed by atoms with Gasteiger partial charge in [0.05, 0.1) is 36.7 Å². The highest BCUT2D eigenvalue weighted by Crippen LogP contribution is 2.32. The van der Waals surface area contributed by atoms with Gasteiger partial charge < -0.3 is 14.2 Å². The van der Waals surface area contributed by atoms with Gasteiger partial charge >= 0.3 is 0 Å². The van der Waals surface area contributed by atoms with Gasteiger partial charge in [-0.3, -0.25) is 14.5 Å². The van der Waals surface area contributed by atoms with Crippen molar-refractivity contribution in [3.8, 4) is 0 Å². The summed E-state index contributed by atoms with van der Waals surface area (Å²) in [6, 6.07) is 4.51. The molecule has 3 aromatic rings. The minimum atomic E-state index is -0.336. The summed E-state index contributed by atoms with van der Waals surface area (Å²) in [5.41, 5.74) is 2.56. The van der Waals surface area contributed by atoms with Crippen LogP contribution >= 0.6 is 0 Å². The van der Waals surface area contributed by atoms with Crippen LogP contribution in [-0.2, 0) is 29.0 Å². The maximum Gasteiger partial charge on any atom is 0.256 e. The van der Waals surface area contributed by atoms with Crippen molar-refractivity contribution >= 4 is 16.8 Å². The molecule has 0 bridgehead atoms. The highest BCUT2D eigenvalue weighted by atomic mass is 19.1. The molecule has 0 saturated carbocycles. The molecule has 0 atom stereocenters. The number of fused-ring (bicyclic) bond motifs is 2. The Morgan fingerprint density at radius 3 is 2.97 bits per heavy atom. The number of benzene rings is 1. The zero-order valence-electron chi connectivity index (χ0n) is 17.7. The fourth-order valence-corrected chi connectivity index (χ4v) is 4.59. The number of piperidine rings is 1. The van der Waals surface area contributed by atoms with Gasteiger partial charge in [-0.05, 0) is 38.1 Å². The lowest BCUT2D eigenvalue weighted by molar-refractivity contribution is -0.120. The second-order valence-electron chi connectivity index (χ2n) is 8.54. The van der Waals surface area contributed by atoms with Crippen molar-refractivity contribution in [3.05, 3.63) is 57.1 Å². The highest BCUT2D eigenvalue weighted by molar-refractivity contribution is 5.81. The van der Waals surface area contributed by atoms with Crippen molar-refractivity contribution < 1.29 is 18.4 Å². The third kappa shape index (κ3) is 4.35. The second kappa shape index (κ2) is 8.91. The van der Waals surface area contributed by atoms with E-state index >= 15 is 0 Å². The molecule has 5 rings (SSSR count). The molecule has 2 aliphatic heterocycles. The van der Waals surface area contributed by atoms with E-state index in [1.54, 1.807) is 6.07 Å². The quantitative estimate of drug-likeness (QED) is 0.628. The van der Waals surface area contributed by atoms with Gasteiger partial charge in [-0.1, -0.05) is 5.16 Å². The van der Waals surface area contributed by atoms with Crippen LogP contribution in [0.4, 0.5) is 4.39 Å². The molecule has 8 nitrogen and oxygen atoms in total. The molecule has 32 heavy (non-hydrogen) atoms. The number of carbonyl (C=O) groups excluding carboxylic acids is 1. The van der Waals surface area contributed by atoms with E-state index in [2.05, 4.69) is 20.0 Å². The molecule has 1 saturated heterocycles. The number of H-pyrrole nitrogens is 1. The van der Waals surface area contributed by atoms with Crippen LogP contribution in [0, 0.1) is 5.82 Å². The van der Waals surface area contributed by atoms with E-state index in [-0.39, 0.29) is 23.1 Å². The molecule has 2 aromatic heterocycles. The molecule has 0 aliphatic carbocycles. The molecule has 0 radical (unpaired) electrons. The summed E-state index contributed by atoms with van der Waals surface area (Å²) in [5, 5.41) is 5.04. The summed E-state index contributed by atoms with van der Waals surface area (Å²) in [7, 11) is 0. The van der Waals surface area contributed by atoms with Gasteiger partial charge in [0.1, 0.15) is 17.4 Å². The van der Waals surface area contributed by atoms with E-state index in [0.29, 0.717) is 56.0 Å². The minimum absolute atomic E-state index is 0.134. The zero-order valence-corrected chi connectivity index (χ0v) is 17.7. The van der Waals surface area contributed by atoms with Crippen LogP contribution in [0.25, 0.3) is 11.0 Å². The molecule has 2 aliphatic rings. The first kappa shape index (κ1) is 21.0. The summed E-state index contributed by atoms with van der Waals surface area (Å²) in [6.07, 6.45) is 3.14. The number of ether oxygens (including phenoxy) is 1. The number of nitrogens with one attached hydrogen (secondary N) is 1. The van der Waals surface area contributed by atoms with Crippen molar-refractivity contribution in [2.45, 2.75) is 44.6 Å². The fraction of sp³-hybridized carbons (Fsp3) is 0.478. The van der Waals surface area contributed by atoms with Gasteiger partial charge in [-0.25, -0.2) is 9.37 Å². The third-order valence-electron chi connectivity index (χ3n) is 6.36. The van der Waals surface area contributed by atoms with Crippen molar-refractivity contribution in [1.82, 2.24) is 20.0 Å². The minimum Gasteiger partial charge on any atom is -0.376 e. The fourth-order valence-electron chi connectivity index (χ4n) is 4.59. The number of aryl methyl sites for hydroxylation is 1. The summed E-state index contributed by atoms with van der Waals surface area (Å²) < 4.78 is 24.0. The average Bonchev–Trinajstić information content (AvgIpc) is 3.21. The standard InChI is InChI=1S/C23H25FN4O4/c24-15-1-3-17-20(11-15)32-27-22(17)14-5-8-28(9-6-14)12-16(29)2-4-21-25-19-7-10-31-13-18(19)23(30)26-21/h1,3,11,14H,2,4-10,12-13H2,(H,25,26,30). The predicted molar refractivity (Wildman–Crippen MR) is 114 cm³/mol. The SMILES string of the molecule is O=C(CCc1nc2c(c(=O)[nH]1)COCC2)CN1CCC(c2noc3cc(F)ccc23)CC1. The number of hydrogen-bond acceptors (Lipinski definition) is 7. The summed E-state index contributed by atoms with van der Waals surface area (Å²) in [4.78, 5) is 34.2. The van der Waals surface area contributed by atoms with Gasteiger partial charge in [0.2, 0.25) is 0 Å². The largest absolute Gasteiger partial charge is 0.376 e.